The highest BCUT2D eigenvalue weighted by molar-refractivity contribution is 6.04. The van der Waals surface area contributed by atoms with E-state index >= 15 is 0 Å². The summed E-state index contributed by atoms with van der Waals surface area (Å²) in [5.74, 6) is -0.0312. The molecular weight excluding hydrogens is 260 g/mol. The van der Waals surface area contributed by atoms with Crippen molar-refractivity contribution >= 4 is 11.5 Å². The first-order valence-corrected chi connectivity index (χ1v) is 7.09. The number of anilines is 1. The first-order valence-electron chi connectivity index (χ1n) is 7.09. The Kier molecular flexibility index (Phi) is 4.88. The summed E-state index contributed by atoms with van der Waals surface area (Å²) in [5, 5.41) is 3.32. The van der Waals surface area contributed by atoms with Crippen LogP contribution in [0.25, 0.3) is 0 Å². The van der Waals surface area contributed by atoms with Crippen LogP contribution in [0.1, 0.15) is 34.8 Å². The molecule has 0 unspecified atom stereocenters. The Labute approximate surface area is 125 Å². The van der Waals surface area contributed by atoms with Gasteiger partial charge in [0.15, 0.2) is 5.78 Å². The fourth-order valence-electron chi connectivity index (χ4n) is 1.98. The monoisotopic (exact) mass is 280 g/mol. The van der Waals surface area contributed by atoms with E-state index in [-0.39, 0.29) is 5.78 Å². The van der Waals surface area contributed by atoms with Gasteiger partial charge in [-0.15, -0.1) is 0 Å². The number of hydrogen-bond donors (Lipinski definition) is 1. The predicted octanol–water partition coefficient (Wildman–Crippen LogP) is 4.29. The van der Waals surface area contributed by atoms with Crippen LogP contribution in [0.2, 0.25) is 0 Å². The van der Waals surface area contributed by atoms with E-state index in [1.807, 2.05) is 13.0 Å². The van der Waals surface area contributed by atoms with Crippen molar-refractivity contribution in [3.05, 3.63) is 71.2 Å². The van der Waals surface area contributed by atoms with E-state index in [1.165, 1.54) is 11.1 Å². The first-order chi connectivity index (χ1) is 10.1. The maximum Gasteiger partial charge on any atom is 0.189 e. The maximum atomic E-state index is 12.2. The number of carbonyl (C=O) groups is 1. The standard InChI is InChI=1S/C18H20N2O/c1-4-16(11-18(21)15-6-5-9-19-12-15)20-17-8-7-13(2)14(3)10-17/h5-12,20H,4H2,1-3H3. The van der Waals surface area contributed by atoms with Gasteiger partial charge in [0.1, 0.15) is 0 Å². The van der Waals surface area contributed by atoms with Crippen LogP contribution in [0.5, 0.6) is 0 Å². The molecule has 3 heteroatoms. The minimum atomic E-state index is -0.0312. The molecule has 0 saturated carbocycles. The Bertz CT molecular complexity index is 660. The number of rotatable bonds is 5. The van der Waals surface area contributed by atoms with E-state index in [0.717, 1.165) is 17.8 Å². The molecule has 2 rings (SSSR count). The van der Waals surface area contributed by atoms with Crippen LogP contribution < -0.4 is 5.32 Å². The number of aryl methyl sites for hydroxylation is 2. The molecule has 108 valence electrons. The van der Waals surface area contributed by atoms with Crippen molar-refractivity contribution in [2.45, 2.75) is 27.2 Å². The summed E-state index contributed by atoms with van der Waals surface area (Å²) < 4.78 is 0. The van der Waals surface area contributed by atoms with Crippen LogP contribution in [-0.2, 0) is 0 Å². The zero-order valence-corrected chi connectivity index (χ0v) is 12.7. The minimum absolute atomic E-state index is 0.0312. The molecule has 1 aromatic carbocycles. The fourth-order valence-corrected chi connectivity index (χ4v) is 1.98. The lowest BCUT2D eigenvalue weighted by Gasteiger charge is -2.11. The zero-order valence-electron chi connectivity index (χ0n) is 12.7. The Balaban J connectivity index is 2.17. The lowest BCUT2D eigenvalue weighted by atomic mass is 10.1. The first kappa shape index (κ1) is 15.0. The van der Waals surface area contributed by atoms with Crippen molar-refractivity contribution < 1.29 is 4.79 Å². The summed E-state index contributed by atoms with van der Waals surface area (Å²) in [6.45, 7) is 6.19. The van der Waals surface area contributed by atoms with Gasteiger partial charge in [-0.05, 0) is 55.7 Å². The number of benzene rings is 1. The molecule has 0 radical (unpaired) electrons. The van der Waals surface area contributed by atoms with Crippen molar-refractivity contribution in [2.24, 2.45) is 0 Å². The Morgan fingerprint density at radius 2 is 2.05 bits per heavy atom. The molecule has 0 bridgehead atoms. The van der Waals surface area contributed by atoms with Crippen molar-refractivity contribution in [3.8, 4) is 0 Å². The van der Waals surface area contributed by atoms with Crippen LogP contribution in [0, 0.1) is 13.8 Å². The molecule has 0 aliphatic heterocycles. The second kappa shape index (κ2) is 6.84. The molecule has 0 aliphatic rings. The van der Waals surface area contributed by atoms with Gasteiger partial charge in [-0.3, -0.25) is 9.78 Å². The van der Waals surface area contributed by atoms with E-state index in [1.54, 1.807) is 30.6 Å². The van der Waals surface area contributed by atoms with Crippen LogP contribution in [0.4, 0.5) is 5.69 Å². The minimum Gasteiger partial charge on any atom is -0.359 e. The Morgan fingerprint density at radius 1 is 1.24 bits per heavy atom. The quantitative estimate of drug-likeness (QED) is 0.656. The molecule has 0 aliphatic carbocycles. The highest BCUT2D eigenvalue weighted by atomic mass is 16.1. The summed E-state index contributed by atoms with van der Waals surface area (Å²) in [6, 6.07) is 9.74. The average molecular weight is 280 g/mol. The Hall–Kier alpha value is -2.42. The topological polar surface area (TPSA) is 42.0 Å². The zero-order chi connectivity index (χ0) is 15.2. The molecular formula is C18H20N2O. The molecule has 0 amide bonds. The van der Waals surface area contributed by atoms with Crippen LogP contribution >= 0.6 is 0 Å². The van der Waals surface area contributed by atoms with Crippen LogP contribution in [-0.4, -0.2) is 10.8 Å². The van der Waals surface area contributed by atoms with Gasteiger partial charge in [0, 0.05) is 35.4 Å². The van der Waals surface area contributed by atoms with Crippen molar-refractivity contribution in [1.82, 2.24) is 4.98 Å². The number of pyridine rings is 1. The third-order valence-electron chi connectivity index (χ3n) is 3.44. The van der Waals surface area contributed by atoms with Gasteiger partial charge in [-0.1, -0.05) is 13.0 Å². The molecule has 1 heterocycles. The number of hydrogen-bond acceptors (Lipinski definition) is 3. The maximum absolute atomic E-state index is 12.2. The van der Waals surface area contributed by atoms with Gasteiger partial charge in [0.05, 0.1) is 0 Å². The second-order valence-electron chi connectivity index (χ2n) is 5.05. The number of allylic oxidation sites excluding steroid dienone is 2. The Morgan fingerprint density at radius 3 is 2.67 bits per heavy atom. The number of ketones is 1. The molecule has 2 aromatic rings. The fraction of sp³-hybridized carbons (Fsp3) is 0.222. The lowest BCUT2D eigenvalue weighted by Crippen LogP contribution is -2.04. The van der Waals surface area contributed by atoms with Gasteiger partial charge in [0.25, 0.3) is 0 Å². The normalized spacial score (nSPS) is 11.3. The molecule has 1 aromatic heterocycles. The largest absolute Gasteiger partial charge is 0.359 e. The van der Waals surface area contributed by atoms with Gasteiger partial charge in [-0.2, -0.15) is 0 Å². The molecule has 21 heavy (non-hydrogen) atoms. The molecule has 0 saturated heterocycles. The van der Waals surface area contributed by atoms with Crippen LogP contribution in [0.3, 0.4) is 0 Å². The van der Waals surface area contributed by atoms with E-state index in [0.29, 0.717) is 5.56 Å². The third kappa shape index (κ3) is 4.02. The van der Waals surface area contributed by atoms with E-state index in [9.17, 15) is 4.79 Å². The van der Waals surface area contributed by atoms with Gasteiger partial charge < -0.3 is 5.32 Å². The molecule has 0 spiro atoms. The highest BCUT2D eigenvalue weighted by Crippen LogP contribution is 2.17. The van der Waals surface area contributed by atoms with E-state index < -0.39 is 0 Å². The highest BCUT2D eigenvalue weighted by Gasteiger charge is 2.05. The van der Waals surface area contributed by atoms with Gasteiger partial charge >= 0.3 is 0 Å². The third-order valence-corrected chi connectivity index (χ3v) is 3.44. The summed E-state index contributed by atoms with van der Waals surface area (Å²) in [7, 11) is 0. The summed E-state index contributed by atoms with van der Waals surface area (Å²) in [5.41, 5.74) is 4.99. The van der Waals surface area contributed by atoms with Crippen molar-refractivity contribution in [2.75, 3.05) is 5.32 Å². The van der Waals surface area contributed by atoms with Gasteiger partial charge in [0.2, 0.25) is 0 Å². The summed E-state index contributed by atoms with van der Waals surface area (Å²) in [4.78, 5) is 16.1. The molecule has 0 fully saturated rings. The smallest absolute Gasteiger partial charge is 0.189 e. The lowest BCUT2D eigenvalue weighted by molar-refractivity contribution is 0.104. The number of aromatic nitrogens is 1. The SMILES string of the molecule is CCC(=CC(=O)c1cccnc1)Nc1ccc(C)c(C)c1. The summed E-state index contributed by atoms with van der Waals surface area (Å²) >= 11 is 0. The molecule has 0 atom stereocenters. The number of nitrogens with one attached hydrogen (secondary N) is 1. The van der Waals surface area contributed by atoms with Crippen molar-refractivity contribution in [1.29, 1.82) is 0 Å². The van der Waals surface area contributed by atoms with E-state index in [4.69, 9.17) is 0 Å². The number of nitrogens with zero attached hydrogens (tertiary/aromatic N) is 1. The molecule has 3 nitrogen and oxygen atoms in total. The number of carbonyl (C=O) groups excluding carboxylic acids is 1. The summed E-state index contributed by atoms with van der Waals surface area (Å²) in [6.07, 6.45) is 5.65. The average Bonchev–Trinajstić information content (AvgIpc) is 2.51. The van der Waals surface area contributed by atoms with E-state index in [2.05, 4.69) is 36.3 Å². The van der Waals surface area contributed by atoms with Crippen molar-refractivity contribution in [3.63, 3.8) is 0 Å². The molecule has 1 N–H and O–H groups in total. The second-order valence-corrected chi connectivity index (χ2v) is 5.05. The van der Waals surface area contributed by atoms with Gasteiger partial charge in [-0.25, -0.2) is 0 Å². The van der Waals surface area contributed by atoms with Crippen LogP contribution in [0.15, 0.2) is 54.5 Å². The predicted molar refractivity (Wildman–Crippen MR) is 86.5 cm³/mol.